The first kappa shape index (κ1) is 24.9. The molecule has 5 aromatic rings. The smallest absolute Gasteiger partial charge is 0.270 e. The van der Waals surface area contributed by atoms with E-state index in [-0.39, 0.29) is 18.9 Å². The van der Waals surface area contributed by atoms with E-state index in [0.29, 0.717) is 0 Å². The van der Waals surface area contributed by atoms with Crippen LogP contribution in [-0.2, 0) is 0 Å². The van der Waals surface area contributed by atoms with E-state index < -0.39 is 0 Å². The summed E-state index contributed by atoms with van der Waals surface area (Å²) in [5.74, 6) is 6.46. The molecular weight excluding hydrogens is 523 g/mol. The largest absolute Gasteiger partial charge is 0.491 e. The average molecular weight is 552 g/mol. The number of rotatable bonds is 6. The third-order valence-corrected chi connectivity index (χ3v) is 7.84. The summed E-state index contributed by atoms with van der Waals surface area (Å²) in [7, 11) is 0. The Labute approximate surface area is 245 Å². The molecule has 0 saturated heterocycles. The Bertz CT molecular complexity index is 1760. The first-order chi connectivity index (χ1) is 20.4. The molecule has 0 aliphatic carbocycles. The van der Waals surface area contributed by atoms with Crippen molar-refractivity contribution in [2.24, 2.45) is 0 Å². The molecule has 3 aliphatic rings. The Kier molecular flexibility index (Phi) is 5.55. The molecule has 8 rings (SSSR count). The molecule has 0 saturated carbocycles. The van der Waals surface area contributed by atoms with Gasteiger partial charge in [-0.25, -0.2) is 0 Å². The van der Waals surface area contributed by atoms with Gasteiger partial charge < -0.3 is 23.7 Å². The highest BCUT2D eigenvalue weighted by Gasteiger charge is 2.46. The second-order valence-corrected chi connectivity index (χ2v) is 11.6. The van der Waals surface area contributed by atoms with Gasteiger partial charge in [0, 0.05) is 16.4 Å². The molecule has 0 N–H and O–H groups in total. The molecule has 0 bridgehead atoms. The molecule has 0 aromatic heterocycles. The SMILES string of the molecule is CC(C)Oc1cccc(-c2cc3c4c(c2)Oc2cc(-c5cccc(OC(C)C)c5)cc5c2B4c2c(cccc2O5)O3)c1. The van der Waals surface area contributed by atoms with E-state index >= 15 is 0 Å². The Morgan fingerprint density at radius 3 is 1.26 bits per heavy atom. The zero-order valence-corrected chi connectivity index (χ0v) is 23.9. The minimum atomic E-state index is -0.0447. The third-order valence-electron chi connectivity index (χ3n) is 7.84. The van der Waals surface area contributed by atoms with Crippen molar-refractivity contribution in [3.63, 3.8) is 0 Å². The lowest BCUT2D eigenvalue weighted by atomic mass is 9.34. The lowest BCUT2D eigenvalue weighted by Gasteiger charge is -2.38. The Balaban J connectivity index is 1.29. The maximum atomic E-state index is 6.74. The molecule has 0 radical (unpaired) electrons. The molecule has 0 atom stereocenters. The maximum Gasteiger partial charge on any atom is 0.270 e. The predicted octanol–water partition coefficient (Wildman–Crippen LogP) is 7.43. The zero-order chi connectivity index (χ0) is 28.5. The molecule has 5 nitrogen and oxygen atoms in total. The van der Waals surface area contributed by atoms with E-state index in [9.17, 15) is 0 Å². The van der Waals surface area contributed by atoms with E-state index in [4.69, 9.17) is 23.7 Å². The number of hydrogen-bond acceptors (Lipinski definition) is 5. The highest BCUT2D eigenvalue weighted by molar-refractivity contribution is 6.99. The van der Waals surface area contributed by atoms with Gasteiger partial charge in [0.05, 0.1) is 12.2 Å². The van der Waals surface area contributed by atoms with Crippen LogP contribution < -0.4 is 40.1 Å². The van der Waals surface area contributed by atoms with Crippen LogP contribution in [0.1, 0.15) is 27.7 Å². The molecule has 206 valence electrons. The Morgan fingerprint density at radius 1 is 0.452 bits per heavy atom. The summed E-state index contributed by atoms with van der Waals surface area (Å²) in [6, 6.07) is 30.8. The summed E-state index contributed by atoms with van der Waals surface area (Å²) in [6.45, 7) is 8.08. The third kappa shape index (κ3) is 4.01. The summed E-state index contributed by atoms with van der Waals surface area (Å²) in [6.07, 6.45) is 0.182. The minimum absolute atomic E-state index is 0.0447. The van der Waals surface area contributed by atoms with E-state index in [2.05, 4.69) is 48.5 Å². The molecule has 0 unspecified atom stereocenters. The van der Waals surface area contributed by atoms with Crippen LogP contribution in [0.4, 0.5) is 0 Å². The summed E-state index contributed by atoms with van der Waals surface area (Å²) in [5, 5.41) is 0. The van der Waals surface area contributed by atoms with Crippen molar-refractivity contribution in [2.75, 3.05) is 0 Å². The standard InChI is InChI=1S/C36H29BO5/c1-20(2)38-26-10-5-8-22(14-26)24-16-30-35-32(18-24)42-33-19-25(23-9-6-11-27(15-23)39-21(3)4)17-31-36(33)37(35)34-28(40-30)12-7-13-29(34)41-31/h5-21H,1-4H3. The van der Waals surface area contributed by atoms with Crippen molar-refractivity contribution in [2.45, 2.75) is 39.9 Å². The van der Waals surface area contributed by atoms with Crippen molar-refractivity contribution in [3.8, 4) is 68.2 Å². The van der Waals surface area contributed by atoms with Gasteiger partial charge in [-0.3, -0.25) is 0 Å². The fourth-order valence-corrected chi connectivity index (χ4v) is 6.26. The number of hydrogen-bond donors (Lipinski definition) is 0. The van der Waals surface area contributed by atoms with Gasteiger partial charge in [0.15, 0.2) is 0 Å². The monoisotopic (exact) mass is 552 g/mol. The van der Waals surface area contributed by atoms with Crippen molar-refractivity contribution in [1.29, 1.82) is 0 Å². The Morgan fingerprint density at radius 2 is 0.833 bits per heavy atom. The van der Waals surface area contributed by atoms with Gasteiger partial charge >= 0.3 is 0 Å². The fourth-order valence-electron chi connectivity index (χ4n) is 6.26. The molecule has 3 heterocycles. The molecule has 5 aromatic carbocycles. The molecule has 6 heteroatoms. The maximum absolute atomic E-state index is 6.74. The van der Waals surface area contributed by atoms with E-state index in [0.717, 1.165) is 84.6 Å². The van der Waals surface area contributed by atoms with Crippen molar-refractivity contribution in [1.82, 2.24) is 0 Å². The molecule has 3 aliphatic heterocycles. The lowest BCUT2D eigenvalue weighted by molar-refractivity contribution is 0.242. The van der Waals surface area contributed by atoms with Crippen LogP contribution in [0, 0.1) is 0 Å². The second kappa shape index (κ2) is 9.35. The zero-order valence-electron chi connectivity index (χ0n) is 23.9. The van der Waals surface area contributed by atoms with Crippen LogP contribution in [-0.4, -0.2) is 18.9 Å². The average Bonchev–Trinajstić information content (AvgIpc) is 2.96. The van der Waals surface area contributed by atoms with E-state index in [1.807, 2.05) is 70.2 Å². The predicted molar refractivity (Wildman–Crippen MR) is 167 cm³/mol. The van der Waals surface area contributed by atoms with Gasteiger partial charge in [-0.15, -0.1) is 0 Å². The van der Waals surface area contributed by atoms with Crippen molar-refractivity contribution >= 4 is 23.1 Å². The highest BCUT2D eigenvalue weighted by atomic mass is 16.5. The van der Waals surface area contributed by atoms with Crippen LogP contribution in [0.3, 0.4) is 0 Å². The molecule has 0 fully saturated rings. The van der Waals surface area contributed by atoms with Crippen LogP contribution >= 0.6 is 0 Å². The normalized spacial score (nSPS) is 13.2. The van der Waals surface area contributed by atoms with Crippen LogP contribution in [0.5, 0.6) is 46.0 Å². The quantitative estimate of drug-likeness (QED) is 0.201. The summed E-state index contributed by atoms with van der Waals surface area (Å²) in [5.41, 5.74) is 7.19. The van der Waals surface area contributed by atoms with Crippen molar-refractivity contribution in [3.05, 3.63) is 91.0 Å². The molecular formula is C36H29BO5. The number of benzene rings is 5. The summed E-state index contributed by atoms with van der Waals surface area (Å²) < 4.78 is 31.8. The van der Waals surface area contributed by atoms with Gasteiger partial charge in [-0.1, -0.05) is 30.3 Å². The minimum Gasteiger partial charge on any atom is -0.491 e. The van der Waals surface area contributed by atoms with Crippen LogP contribution in [0.2, 0.25) is 0 Å². The van der Waals surface area contributed by atoms with Gasteiger partial charge in [-0.05, 0) is 111 Å². The van der Waals surface area contributed by atoms with Gasteiger partial charge in [-0.2, -0.15) is 0 Å². The molecule has 0 spiro atoms. The topological polar surface area (TPSA) is 46.2 Å². The fraction of sp³-hybridized carbons (Fsp3) is 0.167. The lowest BCUT2D eigenvalue weighted by Crippen LogP contribution is -2.59. The first-order valence-electron chi connectivity index (χ1n) is 14.5. The summed E-state index contributed by atoms with van der Waals surface area (Å²) >= 11 is 0. The molecule has 0 amide bonds. The van der Waals surface area contributed by atoms with Crippen molar-refractivity contribution < 1.29 is 23.7 Å². The van der Waals surface area contributed by atoms with Gasteiger partial charge in [0.2, 0.25) is 0 Å². The summed E-state index contributed by atoms with van der Waals surface area (Å²) in [4.78, 5) is 0. The Hall–Kier alpha value is -4.84. The first-order valence-corrected chi connectivity index (χ1v) is 14.5. The molecule has 42 heavy (non-hydrogen) atoms. The highest BCUT2D eigenvalue weighted by Crippen LogP contribution is 2.45. The van der Waals surface area contributed by atoms with E-state index in [1.165, 1.54) is 0 Å². The second-order valence-electron chi connectivity index (χ2n) is 11.6. The van der Waals surface area contributed by atoms with E-state index in [1.54, 1.807) is 0 Å². The van der Waals surface area contributed by atoms with Gasteiger partial charge in [0.1, 0.15) is 46.0 Å². The van der Waals surface area contributed by atoms with Gasteiger partial charge in [0.25, 0.3) is 6.71 Å². The number of ether oxygens (including phenoxy) is 5. The van der Waals surface area contributed by atoms with Crippen LogP contribution in [0.25, 0.3) is 22.3 Å². The van der Waals surface area contributed by atoms with Crippen LogP contribution in [0.15, 0.2) is 91.0 Å².